The second-order valence-corrected chi connectivity index (χ2v) is 5.35. The Morgan fingerprint density at radius 1 is 1.16 bits per heavy atom. The lowest BCUT2D eigenvalue weighted by atomic mass is 10.0. The fraction of sp³-hybridized carbons (Fsp3) is 0.100. The minimum atomic E-state index is -0.354. The topological polar surface area (TPSA) is 75.1 Å². The van der Waals surface area contributed by atoms with E-state index in [0.29, 0.717) is 28.0 Å². The fourth-order valence-corrected chi connectivity index (χ4v) is 2.65. The molecule has 0 saturated carbocycles. The predicted octanol–water partition coefficient (Wildman–Crippen LogP) is 3.97. The number of benzene rings is 2. The Morgan fingerprint density at radius 3 is 2.68 bits per heavy atom. The smallest absolute Gasteiger partial charge is 0.205 e. The summed E-state index contributed by atoms with van der Waals surface area (Å²) in [5.74, 6) is 0.893. The Hall–Kier alpha value is -3.52. The number of hydrogen-bond acceptors (Lipinski definition) is 4. The quantitative estimate of drug-likeness (QED) is 0.436. The van der Waals surface area contributed by atoms with Crippen molar-refractivity contribution in [2.75, 3.05) is 14.2 Å². The first-order valence-corrected chi connectivity index (χ1v) is 7.62. The number of allylic oxidation sites excluding steroid dienone is 1. The molecule has 0 fully saturated rings. The van der Waals surface area contributed by atoms with Crippen LogP contribution in [0.5, 0.6) is 11.5 Å². The Labute approximate surface area is 145 Å². The molecule has 0 aliphatic heterocycles. The van der Waals surface area contributed by atoms with E-state index in [9.17, 15) is 10.1 Å². The number of carbonyl (C=O) groups is 1. The molecule has 0 bridgehead atoms. The summed E-state index contributed by atoms with van der Waals surface area (Å²) in [5, 5.41) is 10.2. The molecular formula is C20H16N2O3. The van der Waals surface area contributed by atoms with Gasteiger partial charge in [-0.15, -0.1) is 0 Å². The third kappa shape index (κ3) is 3.10. The molecule has 0 atom stereocenters. The molecule has 25 heavy (non-hydrogen) atoms. The molecular weight excluding hydrogens is 316 g/mol. The highest BCUT2D eigenvalue weighted by Gasteiger charge is 2.17. The van der Waals surface area contributed by atoms with Gasteiger partial charge in [0, 0.05) is 28.2 Å². The molecule has 124 valence electrons. The van der Waals surface area contributed by atoms with Crippen LogP contribution in [0.25, 0.3) is 17.0 Å². The van der Waals surface area contributed by atoms with Crippen LogP contribution in [0.1, 0.15) is 15.9 Å². The molecule has 0 aliphatic carbocycles. The van der Waals surface area contributed by atoms with Crippen LogP contribution in [0.2, 0.25) is 0 Å². The molecule has 5 nitrogen and oxygen atoms in total. The second kappa shape index (κ2) is 6.93. The van der Waals surface area contributed by atoms with Gasteiger partial charge < -0.3 is 14.5 Å². The first-order valence-electron chi connectivity index (χ1n) is 7.62. The molecule has 0 aliphatic rings. The summed E-state index contributed by atoms with van der Waals surface area (Å²) < 4.78 is 10.5. The average Bonchev–Trinajstić information content (AvgIpc) is 3.08. The summed E-state index contributed by atoms with van der Waals surface area (Å²) in [6, 6.07) is 14.6. The van der Waals surface area contributed by atoms with Gasteiger partial charge in [0.1, 0.15) is 23.1 Å². The number of nitrogens with one attached hydrogen (secondary N) is 1. The molecule has 5 heteroatoms. The molecule has 1 N–H and O–H groups in total. The van der Waals surface area contributed by atoms with E-state index in [4.69, 9.17) is 9.47 Å². The number of hydrogen-bond donors (Lipinski definition) is 1. The summed E-state index contributed by atoms with van der Waals surface area (Å²) in [6.07, 6.45) is 3.15. The Morgan fingerprint density at radius 2 is 1.96 bits per heavy atom. The number of rotatable bonds is 5. The zero-order valence-corrected chi connectivity index (χ0v) is 13.9. The molecule has 0 unspecified atom stereocenters. The monoisotopic (exact) mass is 332 g/mol. The molecule has 2 aromatic carbocycles. The molecule has 0 amide bonds. The van der Waals surface area contributed by atoms with E-state index in [1.54, 1.807) is 44.7 Å². The minimum Gasteiger partial charge on any atom is -0.497 e. The minimum absolute atomic E-state index is 0.0354. The van der Waals surface area contributed by atoms with Gasteiger partial charge >= 0.3 is 0 Å². The lowest BCUT2D eigenvalue weighted by molar-refractivity contribution is 0.104. The number of carbonyl (C=O) groups excluding carboxylic acids is 1. The summed E-state index contributed by atoms with van der Waals surface area (Å²) in [6.45, 7) is 0. The van der Waals surface area contributed by atoms with Crippen LogP contribution in [0.3, 0.4) is 0 Å². The van der Waals surface area contributed by atoms with Gasteiger partial charge in [-0.25, -0.2) is 0 Å². The van der Waals surface area contributed by atoms with E-state index in [-0.39, 0.29) is 11.4 Å². The van der Waals surface area contributed by atoms with E-state index >= 15 is 0 Å². The molecule has 0 spiro atoms. The number of aromatic nitrogens is 1. The van der Waals surface area contributed by atoms with E-state index in [1.165, 1.54) is 0 Å². The standard InChI is InChI=1S/C20H16N2O3/c1-24-15-7-8-18-16(10-15)17(12-22-18)20(23)14(11-21)9-13-5-3-4-6-19(13)25-2/h3-10,12,22H,1-2H3/b14-9+. The summed E-state index contributed by atoms with van der Waals surface area (Å²) in [5.41, 5.74) is 1.94. The SMILES string of the molecule is COc1ccc2[nH]cc(C(=O)/C(C#N)=C/c3ccccc3OC)c2c1. The van der Waals surface area contributed by atoms with Crippen molar-refractivity contribution < 1.29 is 14.3 Å². The third-order valence-electron chi connectivity index (χ3n) is 3.94. The maximum atomic E-state index is 12.9. The van der Waals surface area contributed by atoms with Crippen LogP contribution in [0, 0.1) is 11.3 Å². The summed E-state index contributed by atoms with van der Waals surface area (Å²) >= 11 is 0. The van der Waals surface area contributed by atoms with Crippen LogP contribution in [0.4, 0.5) is 0 Å². The van der Waals surface area contributed by atoms with Crippen molar-refractivity contribution in [3.8, 4) is 17.6 Å². The zero-order valence-electron chi connectivity index (χ0n) is 13.9. The van der Waals surface area contributed by atoms with Crippen molar-refractivity contribution in [1.29, 1.82) is 5.26 Å². The molecule has 3 rings (SSSR count). The van der Waals surface area contributed by atoms with Gasteiger partial charge in [-0.3, -0.25) is 4.79 Å². The number of methoxy groups -OCH3 is 2. The molecule has 1 aromatic heterocycles. The first-order chi connectivity index (χ1) is 12.2. The number of Topliss-reactive ketones (excluding diaryl/α,β-unsaturated/α-hetero) is 1. The normalized spacial score (nSPS) is 11.2. The Bertz CT molecular complexity index is 1010. The third-order valence-corrected chi connectivity index (χ3v) is 3.94. The van der Waals surface area contributed by atoms with Gasteiger partial charge in [0.15, 0.2) is 0 Å². The second-order valence-electron chi connectivity index (χ2n) is 5.35. The predicted molar refractivity (Wildman–Crippen MR) is 95.8 cm³/mol. The van der Waals surface area contributed by atoms with Crippen LogP contribution in [-0.4, -0.2) is 25.0 Å². The Kier molecular flexibility index (Phi) is 4.53. The molecule has 0 saturated heterocycles. The van der Waals surface area contributed by atoms with E-state index in [1.807, 2.05) is 30.3 Å². The van der Waals surface area contributed by atoms with Gasteiger partial charge in [0.2, 0.25) is 5.78 Å². The summed E-state index contributed by atoms with van der Waals surface area (Å²) in [4.78, 5) is 15.9. The van der Waals surface area contributed by atoms with Crippen LogP contribution >= 0.6 is 0 Å². The van der Waals surface area contributed by atoms with Crippen molar-refractivity contribution in [2.45, 2.75) is 0 Å². The number of ether oxygens (including phenoxy) is 2. The number of nitriles is 1. The number of nitrogens with zero attached hydrogens (tertiary/aromatic N) is 1. The van der Waals surface area contributed by atoms with Crippen LogP contribution in [-0.2, 0) is 0 Å². The molecule has 1 heterocycles. The number of fused-ring (bicyclic) bond motifs is 1. The van der Waals surface area contributed by atoms with Crippen molar-refractivity contribution >= 4 is 22.8 Å². The molecule has 0 radical (unpaired) electrons. The molecule has 3 aromatic rings. The maximum Gasteiger partial charge on any atom is 0.205 e. The van der Waals surface area contributed by atoms with E-state index < -0.39 is 0 Å². The highest BCUT2D eigenvalue weighted by atomic mass is 16.5. The van der Waals surface area contributed by atoms with Crippen molar-refractivity contribution in [1.82, 2.24) is 4.98 Å². The van der Waals surface area contributed by atoms with Gasteiger partial charge in [-0.2, -0.15) is 5.26 Å². The zero-order chi connectivity index (χ0) is 17.8. The van der Waals surface area contributed by atoms with Crippen LogP contribution in [0.15, 0.2) is 54.2 Å². The number of H-pyrrole nitrogens is 1. The maximum absolute atomic E-state index is 12.9. The van der Waals surface area contributed by atoms with Crippen LogP contribution < -0.4 is 9.47 Å². The van der Waals surface area contributed by atoms with E-state index in [2.05, 4.69) is 4.98 Å². The van der Waals surface area contributed by atoms with Crippen molar-refractivity contribution in [3.63, 3.8) is 0 Å². The highest BCUT2D eigenvalue weighted by molar-refractivity contribution is 6.20. The number of aromatic amines is 1. The number of para-hydroxylation sites is 1. The fourth-order valence-electron chi connectivity index (χ4n) is 2.65. The van der Waals surface area contributed by atoms with Gasteiger partial charge in [-0.05, 0) is 30.3 Å². The van der Waals surface area contributed by atoms with Gasteiger partial charge in [0.05, 0.1) is 14.2 Å². The first kappa shape index (κ1) is 16.3. The van der Waals surface area contributed by atoms with E-state index in [0.717, 1.165) is 5.52 Å². The summed E-state index contributed by atoms with van der Waals surface area (Å²) in [7, 11) is 3.12. The van der Waals surface area contributed by atoms with Crippen molar-refractivity contribution in [3.05, 3.63) is 65.4 Å². The van der Waals surface area contributed by atoms with Gasteiger partial charge in [-0.1, -0.05) is 18.2 Å². The largest absolute Gasteiger partial charge is 0.497 e. The highest BCUT2D eigenvalue weighted by Crippen LogP contribution is 2.27. The number of ketones is 1. The lowest BCUT2D eigenvalue weighted by Crippen LogP contribution is -2.01. The van der Waals surface area contributed by atoms with Crippen molar-refractivity contribution in [2.24, 2.45) is 0 Å². The lowest BCUT2D eigenvalue weighted by Gasteiger charge is -2.05. The average molecular weight is 332 g/mol. The van der Waals surface area contributed by atoms with Gasteiger partial charge in [0.25, 0.3) is 0 Å². The Balaban J connectivity index is 2.07.